The highest BCUT2D eigenvalue weighted by atomic mass is 35.5. The summed E-state index contributed by atoms with van der Waals surface area (Å²) in [4.78, 5) is 20.5. The monoisotopic (exact) mass is 507 g/mol. The van der Waals surface area contributed by atoms with E-state index >= 15 is 0 Å². The number of carboxylic acids is 1. The molecule has 1 aromatic heterocycles. The fourth-order valence-electron chi connectivity index (χ4n) is 4.40. The second kappa shape index (κ2) is 10.1. The van der Waals surface area contributed by atoms with Gasteiger partial charge in [0.25, 0.3) is 0 Å². The van der Waals surface area contributed by atoms with E-state index in [9.17, 15) is 4.79 Å². The van der Waals surface area contributed by atoms with E-state index in [0.717, 1.165) is 52.7 Å². The number of ether oxygens (including phenoxy) is 1. The highest BCUT2D eigenvalue weighted by Gasteiger charge is 2.37. The molecule has 9 heteroatoms. The smallest absolute Gasteiger partial charge is 0.307 e. The van der Waals surface area contributed by atoms with Crippen LogP contribution in [0.15, 0.2) is 36.4 Å². The molecule has 0 atom stereocenters. The van der Waals surface area contributed by atoms with Crippen LogP contribution in [0.2, 0.25) is 10.0 Å². The largest absolute Gasteiger partial charge is 0.493 e. The summed E-state index contributed by atoms with van der Waals surface area (Å²) in [5.74, 6) is -0.281. The van der Waals surface area contributed by atoms with Gasteiger partial charge in [-0.25, -0.2) is 4.98 Å². The zero-order valence-electron chi connectivity index (χ0n) is 18.7. The molecule has 1 saturated heterocycles. The minimum Gasteiger partial charge on any atom is -0.493 e. The van der Waals surface area contributed by atoms with Crippen molar-refractivity contribution in [3.05, 3.63) is 52.0 Å². The number of thiazole rings is 1. The third kappa shape index (κ3) is 5.72. The van der Waals surface area contributed by atoms with Gasteiger partial charge in [-0.15, -0.1) is 0 Å². The first-order chi connectivity index (χ1) is 15.7. The average molecular weight is 508 g/mol. The van der Waals surface area contributed by atoms with Crippen LogP contribution in [0.4, 0.5) is 5.13 Å². The summed E-state index contributed by atoms with van der Waals surface area (Å²) >= 11 is 14.0. The van der Waals surface area contributed by atoms with Crippen LogP contribution in [0.5, 0.6) is 5.75 Å². The van der Waals surface area contributed by atoms with Crippen LogP contribution in [-0.4, -0.2) is 60.3 Å². The number of anilines is 1. The van der Waals surface area contributed by atoms with Crippen LogP contribution < -0.4 is 9.64 Å². The quantitative estimate of drug-likeness (QED) is 0.428. The number of piperidine rings is 1. The van der Waals surface area contributed by atoms with Crippen molar-refractivity contribution in [2.75, 3.05) is 38.7 Å². The summed E-state index contributed by atoms with van der Waals surface area (Å²) in [6.07, 6.45) is 2.79. The molecule has 0 spiro atoms. The SMILES string of the molecule is CN(C)C1(CCOc2cc(Cl)cc(CC(=O)O)c2)CCN(c2nc3ccc(Cl)cc3s2)CC1. The van der Waals surface area contributed by atoms with Gasteiger partial charge in [0.05, 0.1) is 23.2 Å². The lowest BCUT2D eigenvalue weighted by molar-refractivity contribution is -0.136. The first-order valence-corrected chi connectivity index (χ1v) is 12.4. The second-order valence-corrected chi connectivity index (χ2v) is 10.6. The predicted octanol–water partition coefficient (Wildman–Crippen LogP) is 5.60. The van der Waals surface area contributed by atoms with Crippen LogP contribution in [0.25, 0.3) is 10.2 Å². The molecule has 0 radical (unpaired) electrons. The Morgan fingerprint density at radius 2 is 1.94 bits per heavy atom. The van der Waals surface area contributed by atoms with Crippen LogP contribution in [0, 0.1) is 0 Å². The first-order valence-electron chi connectivity index (χ1n) is 10.9. The molecular formula is C24H27Cl2N3O3S. The molecule has 1 fully saturated rings. The lowest BCUT2D eigenvalue weighted by Crippen LogP contribution is -2.53. The Kier molecular flexibility index (Phi) is 7.34. The molecular weight excluding hydrogens is 481 g/mol. The molecule has 0 bridgehead atoms. The van der Waals surface area contributed by atoms with E-state index in [1.807, 2.05) is 18.2 Å². The molecule has 0 amide bonds. The summed E-state index contributed by atoms with van der Waals surface area (Å²) in [7, 11) is 4.25. The molecule has 1 N–H and O–H groups in total. The van der Waals surface area contributed by atoms with Gasteiger partial charge < -0.3 is 19.6 Å². The molecule has 3 aromatic rings. The summed E-state index contributed by atoms with van der Waals surface area (Å²) in [5.41, 5.74) is 1.65. The van der Waals surface area contributed by atoms with Gasteiger partial charge in [-0.3, -0.25) is 4.79 Å². The fraction of sp³-hybridized carbons (Fsp3) is 0.417. The number of halogens is 2. The van der Waals surface area contributed by atoms with Crippen molar-refractivity contribution in [1.29, 1.82) is 0 Å². The Bertz CT molecular complexity index is 1140. The highest BCUT2D eigenvalue weighted by Crippen LogP contribution is 2.36. The Labute approximate surface area is 207 Å². The van der Waals surface area contributed by atoms with Gasteiger partial charge in [0.2, 0.25) is 0 Å². The van der Waals surface area contributed by atoms with Crippen molar-refractivity contribution < 1.29 is 14.6 Å². The maximum atomic E-state index is 11.0. The van der Waals surface area contributed by atoms with E-state index in [4.69, 9.17) is 38.0 Å². The molecule has 33 heavy (non-hydrogen) atoms. The van der Waals surface area contributed by atoms with E-state index in [1.54, 1.807) is 29.5 Å². The maximum Gasteiger partial charge on any atom is 0.307 e. The molecule has 2 aromatic carbocycles. The molecule has 0 aliphatic carbocycles. The van der Waals surface area contributed by atoms with Crippen molar-refractivity contribution >= 4 is 55.9 Å². The van der Waals surface area contributed by atoms with Gasteiger partial charge in [0.1, 0.15) is 5.75 Å². The van der Waals surface area contributed by atoms with Gasteiger partial charge in [-0.1, -0.05) is 34.5 Å². The summed E-state index contributed by atoms with van der Waals surface area (Å²) in [5, 5.41) is 11.3. The number of hydrogen-bond acceptors (Lipinski definition) is 6. The van der Waals surface area contributed by atoms with E-state index in [0.29, 0.717) is 22.9 Å². The van der Waals surface area contributed by atoms with Crippen molar-refractivity contribution in [2.45, 2.75) is 31.2 Å². The van der Waals surface area contributed by atoms with Crippen LogP contribution in [-0.2, 0) is 11.2 Å². The normalized spacial score (nSPS) is 15.8. The van der Waals surface area contributed by atoms with E-state index in [1.165, 1.54) is 0 Å². The summed E-state index contributed by atoms with van der Waals surface area (Å²) in [6.45, 7) is 2.38. The molecule has 6 nitrogen and oxygen atoms in total. The number of fused-ring (bicyclic) bond motifs is 1. The van der Waals surface area contributed by atoms with Crippen molar-refractivity contribution in [1.82, 2.24) is 9.88 Å². The predicted molar refractivity (Wildman–Crippen MR) is 135 cm³/mol. The van der Waals surface area contributed by atoms with Crippen molar-refractivity contribution in [2.24, 2.45) is 0 Å². The molecule has 0 unspecified atom stereocenters. The maximum absolute atomic E-state index is 11.0. The van der Waals surface area contributed by atoms with Gasteiger partial charge in [-0.05, 0) is 75.3 Å². The van der Waals surface area contributed by atoms with Crippen LogP contribution >= 0.6 is 34.5 Å². The minimum absolute atomic E-state index is 0.0267. The molecule has 1 aliphatic heterocycles. The first kappa shape index (κ1) is 24.1. The van der Waals surface area contributed by atoms with Gasteiger partial charge in [0.15, 0.2) is 5.13 Å². The number of aliphatic carboxylic acids is 1. The number of benzene rings is 2. The Hall–Kier alpha value is -2.06. The zero-order chi connectivity index (χ0) is 23.6. The number of hydrogen-bond donors (Lipinski definition) is 1. The van der Waals surface area contributed by atoms with Gasteiger partial charge >= 0.3 is 5.97 Å². The average Bonchev–Trinajstić information content (AvgIpc) is 3.16. The number of carbonyl (C=O) groups is 1. The van der Waals surface area contributed by atoms with Crippen molar-refractivity contribution in [3.63, 3.8) is 0 Å². The van der Waals surface area contributed by atoms with E-state index in [2.05, 4.69) is 23.9 Å². The van der Waals surface area contributed by atoms with Crippen LogP contribution in [0.3, 0.4) is 0 Å². The van der Waals surface area contributed by atoms with Crippen molar-refractivity contribution in [3.8, 4) is 5.75 Å². The lowest BCUT2D eigenvalue weighted by atomic mass is 9.83. The summed E-state index contributed by atoms with van der Waals surface area (Å²) < 4.78 is 7.12. The van der Waals surface area contributed by atoms with E-state index in [-0.39, 0.29) is 12.0 Å². The Morgan fingerprint density at radius 1 is 1.18 bits per heavy atom. The molecule has 4 rings (SSSR count). The molecule has 2 heterocycles. The Balaban J connectivity index is 1.38. The number of rotatable bonds is 8. The standard InChI is InChI=1S/C24H27Cl2N3O3S/c1-28(2)24(7-10-32-19-12-16(13-22(30)31)11-18(26)14-19)5-8-29(9-6-24)23-27-20-4-3-17(25)15-21(20)33-23/h3-4,11-12,14-15H,5-10,13H2,1-2H3,(H,30,31). The summed E-state index contributed by atoms with van der Waals surface area (Å²) in [6, 6.07) is 11.0. The second-order valence-electron chi connectivity index (χ2n) is 8.68. The van der Waals surface area contributed by atoms with Gasteiger partial charge in [0, 0.05) is 28.7 Å². The van der Waals surface area contributed by atoms with E-state index < -0.39 is 5.97 Å². The van der Waals surface area contributed by atoms with Gasteiger partial charge in [-0.2, -0.15) is 0 Å². The third-order valence-corrected chi connectivity index (χ3v) is 7.91. The fourth-order valence-corrected chi connectivity index (χ4v) is 5.94. The number of nitrogens with zero attached hydrogens (tertiary/aromatic N) is 3. The zero-order valence-corrected chi connectivity index (χ0v) is 21.0. The van der Waals surface area contributed by atoms with Crippen LogP contribution in [0.1, 0.15) is 24.8 Å². The number of carboxylic acid groups (broad SMARTS) is 1. The minimum atomic E-state index is -0.891. The number of aromatic nitrogens is 1. The lowest BCUT2D eigenvalue weighted by Gasteiger charge is -2.46. The highest BCUT2D eigenvalue weighted by molar-refractivity contribution is 7.22. The Morgan fingerprint density at radius 3 is 2.64 bits per heavy atom. The molecule has 176 valence electrons. The molecule has 1 aliphatic rings. The third-order valence-electron chi connectivity index (χ3n) is 6.38. The molecule has 0 saturated carbocycles. The topological polar surface area (TPSA) is 65.9 Å².